The molecule has 1 aromatic heterocycles. The third kappa shape index (κ3) is 3.84. The first-order valence-electron chi connectivity index (χ1n) is 21.9. The highest BCUT2D eigenvalue weighted by molar-refractivity contribution is 7.26. The normalized spacial score (nSPS) is 31.0. The summed E-state index contributed by atoms with van der Waals surface area (Å²) in [6.07, 6.45) is 14.0. The van der Waals surface area contributed by atoms with Gasteiger partial charge in [-0.2, -0.15) is 0 Å². The molecule has 7 aromatic rings. The van der Waals surface area contributed by atoms with E-state index in [0.29, 0.717) is 0 Å². The summed E-state index contributed by atoms with van der Waals surface area (Å²) in [6.45, 7) is 0. The van der Waals surface area contributed by atoms with Crippen molar-refractivity contribution < 1.29 is 0 Å². The highest BCUT2D eigenvalue weighted by Gasteiger charge is 2.60. The molecular formula is C54H47NS. The number of hydrogen-bond donors (Lipinski definition) is 0. The Labute approximate surface area is 334 Å². The molecule has 8 atom stereocenters. The number of rotatable bonds is 3. The average Bonchev–Trinajstić information content (AvgIpc) is 4.03. The molecule has 2 heteroatoms. The Morgan fingerprint density at radius 1 is 0.464 bits per heavy atom. The Morgan fingerprint density at radius 3 is 1.95 bits per heavy atom. The van der Waals surface area contributed by atoms with Crippen molar-refractivity contribution in [3.8, 4) is 22.3 Å². The van der Waals surface area contributed by atoms with Gasteiger partial charge in [0.05, 0.1) is 5.69 Å². The van der Waals surface area contributed by atoms with Gasteiger partial charge in [-0.1, -0.05) is 97.8 Å². The van der Waals surface area contributed by atoms with Crippen molar-refractivity contribution in [2.24, 2.45) is 35.5 Å². The molecule has 15 rings (SSSR count). The van der Waals surface area contributed by atoms with Gasteiger partial charge in [0.25, 0.3) is 0 Å². The first-order chi connectivity index (χ1) is 27.7. The molecule has 274 valence electrons. The van der Waals surface area contributed by atoms with E-state index in [9.17, 15) is 0 Å². The van der Waals surface area contributed by atoms with Crippen molar-refractivity contribution in [1.82, 2.24) is 0 Å². The zero-order valence-corrected chi connectivity index (χ0v) is 32.8. The smallest absolute Gasteiger partial charge is 0.0554 e. The maximum Gasteiger partial charge on any atom is 0.0554 e. The lowest BCUT2D eigenvalue weighted by atomic mass is 9.51. The van der Waals surface area contributed by atoms with Crippen molar-refractivity contribution in [2.45, 2.75) is 75.0 Å². The van der Waals surface area contributed by atoms with Crippen LogP contribution in [0.1, 0.15) is 86.5 Å². The first-order valence-corrected chi connectivity index (χ1v) is 22.7. The van der Waals surface area contributed by atoms with Gasteiger partial charge in [0.2, 0.25) is 0 Å². The van der Waals surface area contributed by atoms with Crippen LogP contribution in [0.15, 0.2) is 127 Å². The highest BCUT2D eigenvalue weighted by atomic mass is 32.1. The van der Waals surface area contributed by atoms with Gasteiger partial charge in [0.15, 0.2) is 0 Å². The van der Waals surface area contributed by atoms with Crippen LogP contribution in [0, 0.1) is 35.5 Å². The first kappa shape index (κ1) is 31.4. The molecule has 6 bridgehead atoms. The van der Waals surface area contributed by atoms with Crippen LogP contribution in [-0.2, 0) is 10.8 Å². The molecule has 0 amide bonds. The van der Waals surface area contributed by atoms with Crippen LogP contribution in [0.5, 0.6) is 0 Å². The van der Waals surface area contributed by atoms with Crippen molar-refractivity contribution in [3.63, 3.8) is 0 Å². The second-order valence-electron chi connectivity index (χ2n) is 19.2. The summed E-state index contributed by atoms with van der Waals surface area (Å²) in [5, 5.41) is 2.75. The van der Waals surface area contributed by atoms with Gasteiger partial charge in [-0.3, -0.25) is 0 Å². The van der Waals surface area contributed by atoms with E-state index in [1.54, 1.807) is 22.3 Å². The number of nitrogens with zero attached hydrogens (tertiary/aromatic N) is 1. The molecule has 1 heterocycles. The van der Waals surface area contributed by atoms with Gasteiger partial charge in [-0.15, -0.1) is 11.3 Å². The van der Waals surface area contributed by atoms with Crippen LogP contribution in [0.3, 0.4) is 0 Å². The monoisotopic (exact) mass is 741 g/mol. The van der Waals surface area contributed by atoms with Gasteiger partial charge >= 0.3 is 0 Å². The number of thiophene rings is 1. The molecule has 1 nitrogen and oxygen atoms in total. The summed E-state index contributed by atoms with van der Waals surface area (Å²) in [5.74, 6) is 4.89. The Bertz CT molecular complexity index is 2800. The molecule has 6 fully saturated rings. The number of benzene rings is 6. The minimum atomic E-state index is 0.118. The Hall–Kier alpha value is -4.66. The van der Waals surface area contributed by atoms with Gasteiger partial charge in [0, 0.05) is 42.4 Å². The zero-order chi connectivity index (χ0) is 36.3. The standard InChI is InChI=1S/C54H47NS/c1-4-11-45-40(8-1)42-22-20-38(29-47(42)53(45)31-33-17-18-35(53)26-33)55(49-13-7-15-51-52(49)44-10-3-6-14-50(44)56-51)39-21-23-43-41-9-2-5-12-46(41)54(48(43)30-39)36-19-16-32-24-34(27-36)28-37(54)25-32/h1-15,20-23,29-30,32-37H,16-19,24-28,31H2. The van der Waals surface area contributed by atoms with E-state index < -0.39 is 0 Å². The molecule has 8 aliphatic carbocycles. The highest BCUT2D eigenvalue weighted by Crippen LogP contribution is 2.69. The predicted octanol–water partition coefficient (Wildman–Crippen LogP) is 14.7. The summed E-state index contributed by atoms with van der Waals surface area (Å²) in [7, 11) is 0. The minimum Gasteiger partial charge on any atom is -0.310 e. The Morgan fingerprint density at radius 2 is 1.11 bits per heavy atom. The van der Waals surface area contributed by atoms with E-state index in [1.807, 2.05) is 11.3 Å². The summed E-state index contributed by atoms with van der Waals surface area (Å²) in [4.78, 5) is 2.70. The summed E-state index contributed by atoms with van der Waals surface area (Å²) in [5.41, 5.74) is 16.7. The quantitative estimate of drug-likeness (QED) is 0.174. The number of hydrogen-bond acceptors (Lipinski definition) is 2. The second-order valence-corrected chi connectivity index (χ2v) is 20.3. The minimum absolute atomic E-state index is 0.118. The fourth-order valence-electron chi connectivity index (χ4n) is 15.3. The van der Waals surface area contributed by atoms with E-state index in [1.165, 1.54) is 124 Å². The van der Waals surface area contributed by atoms with E-state index in [4.69, 9.17) is 0 Å². The maximum absolute atomic E-state index is 2.72. The summed E-state index contributed by atoms with van der Waals surface area (Å²) in [6, 6.07) is 50.7. The summed E-state index contributed by atoms with van der Waals surface area (Å²) < 4.78 is 2.74. The molecule has 6 aromatic carbocycles. The Kier molecular flexibility index (Phi) is 6.20. The molecule has 0 N–H and O–H groups in total. The van der Waals surface area contributed by atoms with Crippen LogP contribution >= 0.6 is 11.3 Å². The third-order valence-electron chi connectivity index (χ3n) is 17.0. The molecular weight excluding hydrogens is 695 g/mol. The van der Waals surface area contributed by atoms with Gasteiger partial charge in [-0.25, -0.2) is 0 Å². The van der Waals surface area contributed by atoms with Gasteiger partial charge < -0.3 is 4.90 Å². The maximum atomic E-state index is 2.72. The lowest BCUT2D eigenvalue weighted by Crippen LogP contribution is -2.48. The van der Waals surface area contributed by atoms with Gasteiger partial charge in [-0.05, 0) is 174 Å². The molecule has 0 radical (unpaired) electrons. The molecule has 8 unspecified atom stereocenters. The van der Waals surface area contributed by atoms with Crippen LogP contribution in [0.25, 0.3) is 42.4 Å². The van der Waals surface area contributed by atoms with Crippen molar-refractivity contribution in [3.05, 3.63) is 150 Å². The SMILES string of the molecule is c1ccc2c(c1)-c1ccc(N(c3ccc4c(c3)C3(c5ccccc5-4)C4CCC5CC(C4)CC3C5)c3cccc4sc5ccccc5c34)cc1C21CC2CCC1C2. The van der Waals surface area contributed by atoms with Gasteiger partial charge in [0.1, 0.15) is 0 Å². The predicted molar refractivity (Wildman–Crippen MR) is 234 cm³/mol. The summed E-state index contributed by atoms with van der Waals surface area (Å²) >= 11 is 1.94. The fraction of sp³-hybridized carbons (Fsp3) is 0.333. The third-order valence-corrected chi connectivity index (χ3v) is 18.1. The molecule has 6 saturated carbocycles. The van der Waals surface area contributed by atoms with E-state index in [0.717, 1.165) is 35.5 Å². The van der Waals surface area contributed by atoms with E-state index >= 15 is 0 Å². The molecule has 8 aliphatic rings. The largest absolute Gasteiger partial charge is 0.310 e. The number of anilines is 3. The average molecular weight is 742 g/mol. The lowest BCUT2D eigenvalue weighted by molar-refractivity contribution is 0.0618. The molecule has 0 saturated heterocycles. The van der Waals surface area contributed by atoms with Crippen LogP contribution in [-0.4, -0.2) is 0 Å². The van der Waals surface area contributed by atoms with Crippen LogP contribution < -0.4 is 4.90 Å². The zero-order valence-electron chi connectivity index (χ0n) is 32.0. The van der Waals surface area contributed by atoms with Crippen molar-refractivity contribution in [1.29, 1.82) is 0 Å². The molecule has 56 heavy (non-hydrogen) atoms. The number of fused-ring (bicyclic) bond motifs is 15. The molecule has 0 aliphatic heterocycles. The lowest BCUT2D eigenvalue weighted by Gasteiger charge is -2.53. The van der Waals surface area contributed by atoms with Crippen molar-refractivity contribution in [2.75, 3.05) is 4.90 Å². The van der Waals surface area contributed by atoms with Crippen molar-refractivity contribution >= 4 is 48.6 Å². The fourth-order valence-corrected chi connectivity index (χ4v) is 16.4. The Balaban J connectivity index is 1.03. The van der Waals surface area contributed by atoms with Crippen LogP contribution in [0.2, 0.25) is 0 Å². The second kappa shape index (κ2) is 11.0. The van der Waals surface area contributed by atoms with E-state index in [2.05, 4.69) is 132 Å². The van der Waals surface area contributed by atoms with E-state index in [-0.39, 0.29) is 10.8 Å². The van der Waals surface area contributed by atoms with Crippen LogP contribution in [0.4, 0.5) is 17.1 Å². The molecule has 2 spiro atoms. The topological polar surface area (TPSA) is 3.24 Å².